The Labute approximate surface area is 150 Å². The van der Waals surface area contributed by atoms with Crippen LogP contribution in [0.3, 0.4) is 0 Å². The Morgan fingerprint density at radius 2 is 1.92 bits per heavy atom. The monoisotopic (exact) mass is 380 g/mol. The molecule has 0 aliphatic carbocycles. The van der Waals surface area contributed by atoms with Crippen LogP contribution >= 0.6 is 0 Å². The molecule has 138 valence electrons. The van der Waals surface area contributed by atoms with E-state index in [4.69, 9.17) is 9.47 Å². The van der Waals surface area contributed by atoms with Gasteiger partial charge >= 0.3 is 0 Å². The number of carbonyl (C=O) groups excluding carboxylic acids is 1. The van der Waals surface area contributed by atoms with Crippen molar-refractivity contribution < 1.29 is 27.1 Å². The van der Waals surface area contributed by atoms with Gasteiger partial charge in [0.05, 0.1) is 11.9 Å². The van der Waals surface area contributed by atoms with Crippen molar-refractivity contribution in [3.8, 4) is 11.5 Å². The summed E-state index contributed by atoms with van der Waals surface area (Å²) in [5, 5.41) is 2.63. The Morgan fingerprint density at radius 1 is 1.19 bits per heavy atom. The molecule has 3 rings (SSSR count). The van der Waals surface area contributed by atoms with Crippen LogP contribution in [-0.2, 0) is 14.8 Å². The third-order valence-corrected chi connectivity index (χ3v) is 5.03. The molecule has 1 aliphatic rings. The van der Waals surface area contributed by atoms with E-state index in [1.165, 1.54) is 25.1 Å². The number of amides is 1. The average Bonchev–Trinajstić information content (AvgIpc) is 3.01. The highest BCUT2D eigenvalue weighted by Crippen LogP contribution is 2.34. The summed E-state index contributed by atoms with van der Waals surface area (Å²) in [5.74, 6) is -0.118. The molecule has 7 nitrogen and oxygen atoms in total. The molecule has 0 spiro atoms. The number of anilines is 2. The van der Waals surface area contributed by atoms with E-state index in [9.17, 15) is 17.6 Å². The molecule has 1 atom stereocenters. The number of nitrogens with one attached hydrogen (secondary N) is 1. The van der Waals surface area contributed by atoms with Gasteiger partial charge in [-0.2, -0.15) is 0 Å². The van der Waals surface area contributed by atoms with E-state index in [1.807, 2.05) is 0 Å². The zero-order valence-electron chi connectivity index (χ0n) is 14.1. The van der Waals surface area contributed by atoms with Crippen molar-refractivity contribution in [3.63, 3.8) is 0 Å². The first-order valence-corrected chi connectivity index (χ1v) is 9.56. The van der Waals surface area contributed by atoms with E-state index in [1.54, 1.807) is 18.2 Å². The van der Waals surface area contributed by atoms with Gasteiger partial charge in [0.2, 0.25) is 22.7 Å². The van der Waals surface area contributed by atoms with Crippen molar-refractivity contribution in [1.29, 1.82) is 0 Å². The third kappa shape index (κ3) is 3.72. The Morgan fingerprint density at radius 3 is 2.62 bits per heavy atom. The predicted octanol–water partition coefficient (Wildman–Crippen LogP) is 2.35. The SMILES string of the molecule is C[C@H](C(=O)Nc1ccc2c(c1)OCO2)N(c1cccc(F)c1)S(C)(=O)=O. The van der Waals surface area contributed by atoms with Crippen molar-refractivity contribution in [2.24, 2.45) is 0 Å². The zero-order chi connectivity index (χ0) is 18.9. The van der Waals surface area contributed by atoms with Gasteiger partial charge in [-0.3, -0.25) is 9.10 Å². The quantitative estimate of drug-likeness (QED) is 0.861. The second-order valence-corrected chi connectivity index (χ2v) is 7.63. The average molecular weight is 380 g/mol. The summed E-state index contributed by atoms with van der Waals surface area (Å²) in [6, 6.07) is 8.80. The van der Waals surface area contributed by atoms with Gasteiger partial charge in [-0.15, -0.1) is 0 Å². The predicted molar refractivity (Wildman–Crippen MR) is 94.4 cm³/mol. The minimum absolute atomic E-state index is 0.0702. The number of hydrogen-bond acceptors (Lipinski definition) is 5. The van der Waals surface area contributed by atoms with E-state index in [2.05, 4.69) is 5.32 Å². The van der Waals surface area contributed by atoms with Crippen molar-refractivity contribution in [3.05, 3.63) is 48.3 Å². The molecule has 1 aliphatic heterocycles. The number of ether oxygens (including phenoxy) is 2. The second-order valence-electron chi connectivity index (χ2n) is 5.77. The van der Waals surface area contributed by atoms with Crippen LogP contribution in [0.15, 0.2) is 42.5 Å². The number of fused-ring (bicyclic) bond motifs is 1. The summed E-state index contributed by atoms with van der Waals surface area (Å²) in [6.45, 7) is 1.53. The van der Waals surface area contributed by atoms with E-state index in [-0.39, 0.29) is 12.5 Å². The van der Waals surface area contributed by atoms with Gasteiger partial charge in [-0.25, -0.2) is 12.8 Å². The third-order valence-electron chi connectivity index (χ3n) is 3.79. The normalized spacial score (nSPS) is 14.0. The molecule has 0 radical (unpaired) electrons. The molecule has 9 heteroatoms. The van der Waals surface area contributed by atoms with E-state index in [0.29, 0.717) is 17.2 Å². The minimum Gasteiger partial charge on any atom is -0.454 e. The van der Waals surface area contributed by atoms with E-state index in [0.717, 1.165) is 16.6 Å². The molecular formula is C17H17FN2O5S. The molecule has 0 fully saturated rings. The molecule has 1 N–H and O–H groups in total. The summed E-state index contributed by atoms with van der Waals surface area (Å²) < 4.78 is 49.2. The Hall–Kier alpha value is -2.81. The summed E-state index contributed by atoms with van der Waals surface area (Å²) >= 11 is 0. The van der Waals surface area contributed by atoms with Gasteiger partial charge in [0.15, 0.2) is 11.5 Å². The van der Waals surface area contributed by atoms with Crippen molar-refractivity contribution in [1.82, 2.24) is 0 Å². The standard InChI is InChI=1S/C17H17FN2O5S/c1-11(20(26(2,22)23)14-5-3-4-12(18)8-14)17(21)19-13-6-7-15-16(9-13)25-10-24-15/h3-9,11H,10H2,1-2H3,(H,19,21)/t11-/m1/s1. The van der Waals surface area contributed by atoms with Gasteiger partial charge in [-0.1, -0.05) is 6.07 Å². The highest BCUT2D eigenvalue weighted by Gasteiger charge is 2.29. The Balaban J connectivity index is 1.84. The highest BCUT2D eigenvalue weighted by molar-refractivity contribution is 7.92. The topological polar surface area (TPSA) is 84.9 Å². The summed E-state index contributed by atoms with van der Waals surface area (Å²) in [5.41, 5.74) is 0.500. The van der Waals surface area contributed by atoms with Crippen LogP contribution in [0.4, 0.5) is 15.8 Å². The zero-order valence-corrected chi connectivity index (χ0v) is 14.9. The summed E-state index contributed by atoms with van der Waals surface area (Å²) in [4.78, 5) is 12.6. The lowest BCUT2D eigenvalue weighted by molar-refractivity contribution is -0.116. The second kappa shape index (κ2) is 6.83. The Kier molecular flexibility index (Phi) is 4.73. The fourth-order valence-electron chi connectivity index (χ4n) is 2.64. The van der Waals surface area contributed by atoms with Gasteiger partial charge < -0.3 is 14.8 Å². The molecular weight excluding hydrogens is 363 g/mol. The maximum Gasteiger partial charge on any atom is 0.247 e. The smallest absolute Gasteiger partial charge is 0.247 e. The molecule has 1 heterocycles. The summed E-state index contributed by atoms with van der Waals surface area (Å²) in [6.07, 6.45) is 0.961. The molecule has 0 saturated carbocycles. The first-order valence-electron chi connectivity index (χ1n) is 7.71. The maximum absolute atomic E-state index is 13.5. The number of halogens is 1. The van der Waals surface area contributed by atoms with Crippen LogP contribution in [0.25, 0.3) is 0 Å². The number of rotatable bonds is 5. The van der Waals surface area contributed by atoms with Crippen molar-refractivity contribution in [2.75, 3.05) is 22.7 Å². The van der Waals surface area contributed by atoms with Gasteiger partial charge in [0.25, 0.3) is 0 Å². The number of benzene rings is 2. The fourth-order valence-corrected chi connectivity index (χ4v) is 3.81. The molecule has 2 aromatic rings. The van der Waals surface area contributed by atoms with Crippen LogP contribution in [-0.4, -0.2) is 33.4 Å². The van der Waals surface area contributed by atoms with Gasteiger partial charge in [-0.05, 0) is 37.3 Å². The maximum atomic E-state index is 13.5. The summed E-state index contributed by atoms with van der Waals surface area (Å²) in [7, 11) is -3.82. The van der Waals surface area contributed by atoms with Crippen molar-refractivity contribution >= 4 is 27.3 Å². The Bertz CT molecular complexity index is 948. The lowest BCUT2D eigenvalue weighted by Crippen LogP contribution is -2.45. The van der Waals surface area contributed by atoms with E-state index >= 15 is 0 Å². The molecule has 0 bridgehead atoms. The lowest BCUT2D eigenvalue weighted by atomic mass is 10.2. The van der Waals surface area contributed by atoms with Crippen LogP contribution in [0.5, 0.6) is 11.5 Å². The molecule has 0 unspecified atom stereocenters. The van der Waals surface area contributed by atoms with E-state index < -0.39 is 27.8 Å². The highest BCUT2D eigenvalue weighted by atomic mass is 32.2. The van der Waals surface area contributed by atoms with Gasteiger partial charge in [0.1, 0.15) is 11.9 Å². The van der Waals surface area contributed by atoms with Crippen LogP contribution in [0.1, 0.15) is 6.92 Å². The minimum atomic E-state index is -3.82. The molecule has 0 aromatic heterocycles. The number of nitrogens with zero attached hydrogens (tertiary/aromatic N) is 1. The van der Waals surface area contributed by atoms with Crippen molar-refractivity contribution in [2.45, 2.75) is 13.0 Å². The first-order chi connectivity index (χ1) is 12.3. The van der Waals surface area contributed by atoms with Gasteiger partial charge in [0, 0.05) is 11.8 Å². The number of hydrogen-bond donors (Lipinski definition) is 1. The fraction of sp³-hybridized carbons (Fsp3) is 0.235. The number of carbonyl (C=O) groups is 1. The molecule has 1 amide bonds. The molecule has 0 saturated heterocycles. The largest absolute Gasteiger partial charge is 0.454 e. The first kappa shape index (κ1) is 18.0. The molecule has 2 aromatic carbocycles. The lowest BCUT2D eigenvalue weighted by Gasteiger charge is -2.28. The van der Waals surface area contributed by atoms with Crippen LogP contribution in [0.2, 0.25) is 0 Å². The van der Waals surface area contributed by atoms with Crippen LogP contribution in [0, 0.1) is 5.82 Å². The number of sulfonamides is 1. The molecule has 26 heavy (non-hydrogen) atoms. The van der Waals surface area contributed by atoms with Crippen LogP contribution < -0.4 is 19.1 Å².